The number of amides is 2. The minimum Gasteiger partial charge on any atom is -0.334 e. The maximum absolute atomic E-state index is 12.1. The van der Waals surface area contributed by atoms with Crippen LogP contribution in [0.15, 0.2) is 24.3 Å². The predicted octanol–water partition coefficient (Wildman–Crippen LogP) is 3.08. The largest absolute Gasteiger partial charge is 0.334 e. The molecule has 1 unspecified atom stereocenters. The Bertz CT molecular complexity index is 399. The van der Waals surface area contributed by atoms with Gasteiger partial charge in [0.25, 0.3) is 0 Å². The number of carbonyl (C=O) groups excluding carboxylic acids is 1. The summed E-state index contributed by atoms with van der Waals surface area (Å²) in [6.07, 6.45) is 3.49. The van der Waals surface area contributed by atoms with Crippen molar-refractivity contribution in [2.45, 2.75) is 45.7 Å². The van der Waals surface area contributed by atoms with E-state index in [9.17, 15) is 4.79 Å². The van der Waals surface area contributed by atoms with Crippen LogP contribution in [0.2, 0.25) is 0 Å². The summed E-state index contributed by atoms with van der Waals surface area (Å²) >= 11 is 0. The molecule has 2 amide bonds. The molecule has 1 heterocycles. The van der Waals surface area contributed by atoms with Gasteiger partial charge in [-0.1, -0.05) is 29.8 Å². The van der Waals surface area contributed by atoms with E-state index in [4.69, 9.17) is 0 Å². The van der Waals surface area contributed by atoms with Gasteiger partial charge >= 0.3 is 6.03 Å². The lowest BCUT2D eigenvalue weighted by Gasteiger charge is -2.33. The zero-order valence-corrected chi connectivity index (χ0v) is 11.3. The highest BCUT2D eigenvalue weighted by Crippen LogP contribution is 2.16. The number of urea groups is 1. The molecule has 1 aromatic rings. The van der Waals surface area contributed by atoms with Crippen molar-refractivity contribution in [1.82, 2.24) is 10.2 Å². The molecule has 18 heavy (non-hydrogen) atoms. The number of hydrogen-bond acceptors (Lipinski definition) is 1. The van der Waals surface area contributed by atoms with E-state index in [1.807, 2.05) is 4.90 Å². The first-order valence-corrected chi connectivity index (χ1v) is 6.77. The number of benzene rings is 1. The second-order valence-corrected chi connectivity index (χ2v) is 5.18. The van der Waals surface area contributed by atoms with Crippen LogP contribution in [0.1, 0.15) is 37.3 Å². The van der Waals surface area contributed by atoms with Crippen LogP contribution in [0.25, 0.3) is 0 Å². The van der Waals surface area contributed by atoms with Crippen LogP contribution < -0.4 is 5.32 Å². The van der Waals surface area contributed by atoms with Crippen molar-refractivity contribution in [2.24, 2.45) is 0 Å². The molecule has 0 radical (unpaired) electrons. The van der Waals surface area contributed by atoms with Gasteiger partial charge in [-0.2, -0.15) is 0 Å². The molecular weight excluding hydrogens is 224 g/mol. The van der Waals surface area contributed by atoms with E-state index in [0.717, 1.165) is 24.9 Å². The third-order valence-electron chi connectivity index (χ3n) is 3.63. The van der Waals surface area contributed by atoms with Crippen molar-refractivity contribution in [3.63, 3.8) is 0 Å². The molecule has 1 aromatic carbocycles. The van der Waals surface area contributed by atoms with Crippen molar-refractivity contribution in [3.05, 3.63) is 35.4 Å². The van der Waals surface area contributed by atoms with Crippen molar-refractivity contribution in [2.75, 3.05) is 6.54 Å². The number of hydrogen-bond donors (Lipinski definition) is 1. The average Bonchev–Trinajstić information content (AvgIpc) is 2.38. The summed E-state index contributed by atoms with van der Waals surface area (Å²) in [6, 6.07) is 8.72. The van der Waals surface area contributed by atoms with Crippen molar-refractivity contribution >= 4 is 6.03 Å². The standard InChI is InChI=1S/C15H22N2O/c1-12-6-8-14(9-7-12)11-16-15(18)17-10-4-3-5-13(17)2/h6-9,13H,3-5,10-11H2,1-2H3,(H,16,18). The zero-order valence-electron chi connectivity index (χ0n) is 11.3. The first kappa shape index (κ1) is 12.9. The molecule has 98 valence electrons. The molecule has 1 atom stereocenters. The van der Waals surface area contributed by atoms with Crippen molar-refractivity contribution in [1.29, 1.82) is 0 Å². The van der Waals surface area contributed by atoms with Crippen molar-refractivity contribution < 1.29 is 4.79 Å². The van der Waals surface area contributed by atoms with Crippen molar-refractivity contribution in [3.8, 4) is 0 Å². The molecular formula is C15H22N2O. The van der Waals surface area contributed by atoms with Crippen LogP contribution in [0.4, 0.5) is 4.79 Å². The van der Waals surface area contributed by atoms with Gasteiger partial charge in [-0.25, -0.2) is 4.79 Å². The van der Waals surface area contributed by atoms with Crippen LogP contribution in [0, 0.1) is 6.92 Å². The lowest BCUT2D eigenvalue weighted by Crippen LogP contribution is -2.47. The molecule has 1 aliphatic rings. The molecule has 3 nitrogen and oxygen atoms in total. The molecule has 1 aliphatic heterocycles. The van der Waals surface area contributed by atoms with Gasteiger partial charge in [0, 0.05) is 19.1 Å². The highest BCUT2D eigenvalue weighted by molar-refractivity contribution is 5.74. The van der Waals surface area contributed by atoms with Crippen LogP contribution >= 0.6 is 0 Å². The van der Waals surface area contributed by atoms with E-state index in [0.29, 0.717) is 12.6 Å². The smallest absolute Gasteiger partial charge is 0.317 e. The number of aryl methyl sites for hydroxylation is 1. The molecule has 1 N–H and O–H groups in total. The Balaban J connectivity index is 1.85. The van der Waals surface area contributed by atoms with E-state index in [2.05, 4.69) is 43.4 Å². The number of nitrogens with zero attached hydrogens (tertiary/aromatic N) is 1. The summed E-state index contributed by atoms with van der Waals surface area (Å²) in [5, 5.41) is 3.01. The third-order valence-corrected chi connectivity index (χ3v) is 3.63. The van der Waals surface area contributed by atoms with Gasteiger partial charge < -0.3 is 10.2 Å². The molecule has 1 saturated heterocycles. The highest BCUT2D eigenvalue weighted by Gasteiger charge is 2.22. The average molecular weight is 246 g/mol. The third kappa shape index (κ3) is 3.25. The molecule has 0 bridgehead atoms. The van der Waals surface area contributed by atoms with Crippen LogP contribution in [0.3, 0.4) is 0 Å². The predicted molar refractivity (Wildman–Crippen MR) is 73.4 cm³/mol. The number of likely N-dealkylation sites (tertiary alicyclic amines) is 1. The second kappa shape index (κ2) is 5.89. The fourth-order valence-corrected chi connectivity index (χ4v) is 2.38. The highest BCUT2D eigenvalue weighted by atomic mass is 16.2. The normalized spacial score (nSPS) is 19.7. The number of carbonyl (C=O) groups is 1. The number of rotatable bonds is 2. The van der Waals surface area contributed by atoms with Crippen LogP contribution in [-0.2, 0) is 6.54 Å². The van der Waals surface area contributed by atoms with Gasteiger partial charge in [-0.05, 0) is 38.7 Å². The lowest BCUT2D eigenvalue weighted by molar-refractivity contribution is 0.158. The Morgan fingerprint density at radius 1 is 1.33 bits per heavy atom. The van der Waals surface area contributed by atoms with E-state index in [1.165, 1.54) is 12.0 Å². The maximum atomic E-state index is 12.1. The molecule has 3 heteroatoms. The Morgan fingerprint density at radius 3 is 2.72 bits per heavy atom. The first-order chi connectivity index (χ1) is 8.66. The SMILES string of the molecule is Cc1ccc(CNC(=O)N2CCCCC2C)cc1. The molecule has 0 saturated carbocycles. The monoisotopic (exact) mass is 246 g/mol. The quantitative estimate of drug-likeness (QED) is 0.854. The second-order valence-electron chi connectivity index (χ2n) is 5.18. The minimum atomic E-state index is 0.0720. The van der Waals surface area contributed by atoms with Gasteiger partial charge in [-0.15, -0.1) is 0 Å². The molecule has 0 aliphatic carbocycles. The Hall–Kier alpha value is -1.51. The van der Waals surface area contributed by atoms with E-state index >= 15 is 0 Å². The van der Waals surface area contributed by atoms with E-state index in [1.54, 1.807) is 0 Å². The summed E-state index contributed by atoms with van der Waals surface area (Å²) in [5.41, 5.74) is 2.40. The minimum absolute atomic E-state index is 0.0720. The van der Waals surface area contributed by atoms with Gasteiger partial charge in [-0.3, -0.25) is 0 Å². The summed E-state index contributed by atoms with van der Waals surface area (Å²) in [6.45, 7) is 5.70. The van der Waals surface area contributed by atoms with Gasteiger partial charge in [0.1, 0.15) is 0 Å². The molecule has 2 rings (SSSR count). The molecule has 1 fully saturated rings. The Labute approximate surface area is 109 Å². The Morgan fingerprint density at radius 2 is 2.06 bits per heavy atom. The van der Waals surface area contributed by atoms with Gasteiger partial charge in [0.2, 0.25) is 0 Å². The van der Waals surface area contributed by atoms with Crippen LogP contribution in [0.5, 0.6) is 0 Å². The summed E-state index contributed by atoms with van der Waals surface area (Å²) in [5.74, 6) is 0. The van der Waals surface area contributed by atoms with Crippen LogP contribution in [-0.4, -0.2) is 23.5 Å². The fraction of sp³-hybridized carbons (Fsp3) is 0.533. The van der Waals surface area contributed by atoms with Gasteiger partial charge in [0.05, 0.1) is 0 Å². The zero-order chi connectivity index (χ0) is 13.0. The lowest BCUT2D eigenvalue weighted by atomic mass is 10.0. The fourth-order valence-electron chi connectivity index (χ4n) is 2.38. The maximum Gasteiger partial charge on any atom is 0.317 e. The number of nitrogens with one attached hydrogen (secondary N) is 1. The summed E-state index contributed by atoms with van der Waals surface area (Å²) in [4.78, 5) is 14.0. The van der Waals surface area contributed by atoms with Gasteiger partial charge in [0.15, 0.2) is 0 Å². The Kier molecular flexibility index (Phi) is 4.24. The topological polar surface area (TPSA) is 32.3 Å². The number of piperidine rings is 1. The molecule has 0 aromatic heterocycles. The molecule has 0 spiro atoms. The van der Waals surface area contributed by atoms with E-state index < -0.39 is 0 Å². The summed E-state index contributed by atoms with van der Waals surface area (Å²) in [7, 11) is 0. The van der Waals surface area contributed by atoms with E-state index in [-0.39, 0.29) is 6.03 Å². The first-order valence-electron chi connectivity index (χ1n) is 6.77. The summed E-state index contributed by atoms with van der Waals surface area (Å²) < 4.78 is 0.